The lowest BCUT2D eigenvalue weighted by Crippen LogP contribution is -2.61. The van der Waals surface area contributed by atoms with E-state index >= 15 is 0 Å². The molecule has 2 saturated heterocycles. The fraction of sp³-hybridized carbons (Fsp3) is 0.400. The molecule has 1 saturated carbocycles. The van der Waals surface area contributed by atoms with Gasteiger partial charge in [-0.2, -0.15) is 0 Å². The lowest BCUT2D eigenvalue weighted by Gasteiger charge is -2.38. The highest BCUT2D eigenvalue weighted by atomic mass is 16.8. The molecule has 2 aromatic carbocycles. The van der Waals surface area contributed by atoms with E-state index in [2.05, 4.69) is 0 Å². The summed E-state index contributed by atoms with van der Waals surface area (Å²) in [6.45, 7) is 0. The van der Waals surface area contributed by atoms with E-state index in [-0.39, 0.29) is 0 Å². The number of hydrogen-bond acceptors (Lipinski definition) is 6. The molecule has 26 heavy (non-hydrogen) atoms. The van der Waals surface area contributed by atoms with Gasteiger partial charge in [-0.25, -0.2) is 0 Å². The van der Waals surface area contributed by atoms with E-state index < -0.39 is 49.2 Å². The largest absolute Gasteiger partial charge is 0.387 e. The number of aliphatic hydroxyl groups excluding tert-OH is 2. The lowest BCUT2D eigenvalue weighted by molar-refractivity contribution is -0.152. The van der Waals surface area contributed by atoms with Gasteiger partial charge in [0.2, 0.25) is 0 Å². The van der Waals surface area contributed by atoms with Crippen molar-refractivity contribution in [3.05, 3.63) is 71.8 Å². The van der Waals surface area contributed by atoms with Gasteiger partial charge in [-0.3, -0.25) is 0 Å². The zero-order chi connectivity index (χ0) is 17.7. The van der Waals surface area contributed by atoms with Crippen LogP contribution in [0.4, 0.5) is 0 Å². The fourth-order valence-electron chi connectivity index (χ4n) is 3.95. The van der Waals surface area contributed by atoms with E-state index in [1.807, 2.05) is 60.7 Å². The van der Waals surface area contributed by atoms with E-state index in [1.165, 1.54) is 0 Å². The van der Waals surface area contributed by atoms with Crippen LogP contribution in [0.5, 0.6) is 0 Å². The third-order valence-electron chi connectivity index (χ3n) is 5.26. The molecular formula is C20H20O6. The Hall–Kier alpha value is -1.80. The molecule has 0 spiro atoms. The normalized spacial score (nSPS) is 41.6. The van der Waals surface area contributed by atoms with Crippen LogP contribution in [0.3, 0.4) is 0 Å². The third-order valence-corrected chi connectivity index (χ3v) is 5.26. The summed E-state index contributed by atoms with van der Waals surface area (Å²) in [6, 6.07) is 18.9. The maximum absolute atomic E-state index is 10.8. The molecule has 2 aliphatic heterocycles. The Morgan fingerprint density at radius 2 is 0.808 bits per heavy atom. The number of aliphatic hydroxyl groups is 2. The van der Waals surface area contributed by atoms with Crippen LogP contribution in [0, 0.1) is 0 Å². The minimum absolute atomic E-state index is 0.626. The summed E-state index contributed by atoms with van der Waals surface area (Å²) in [5, 5.41) is 21.6. The zero-order valence-electron chi connectivity index (χ0n) is 13.9. The van der Waals surface area contributed by atoms with E-state index in [4.69, 9.17) is 18.9 Å². The monoisotopic (exact) mass is 356 g/mol. The first-order valence-corrected chi connectivity index (χ1v) is 8.80. The Kier molecular flexibility index (Phi) is 4.04. The van der Waals surface area contributed by atoms with Crippen molar-refractivity contribution in [1.29, 1.82) is 0 Å². The molecule has 2 N–H and O–H groups in total. The fourth-order valence-corrected chi connectivity index (χ4v) is 3.95. The van der Waals surface area contributed by atoms with Crippen molar-refractivity contribution >= 4 is 0 Å². The van der Waals surface area contributed by atoms with Crippen molar-refractivity contribution in [2.24, 2.45) is 0 Å². The van der Waals surface area contributed by atoms with Gasteiger partial charge in [0.05, 0.1) is 0 Å². The van der Waals surface area contributed by atoms with E-state index in [0.717, 1.165) is 11.1 Å². The Morgan fingerprint density at radius 3 is 1.12 bits per heavy atom. The van der Waals surface area contributed by atoms with Gasteiger partial charge in [-0.1, -0.05) is 60.7 Å². The van der Waals surface area contributed by atoms with Crippen LogP contribution in [0.1, 0.15) is 23.7 Å². The van der Waals surface area contributed by atoms with Crippen molar-refractivity contribution < 1.29 is 29.2 Å². The molecule has 0 bridgehead atoms. The van der Waals surface area contributed by atoms with Crippen molar-refractivity contribution in [3.63, 3.8) is 0 Å². The molecule has 2 aromatic rings. The molecule has 6 nitrogen and oxygen atoms in total. The third kappa shape index (κ3) is 2.58. The van der Waals surface area contributed by atoms with Crippen LogP contribution in [0.25, 0.3) is 0 Å². The average Bonchev–Trinajstić information content (AvgIpc) is 3.33. The van der Waals surface area contributed by atoms with Gasteiger partial charge in [0.1, 0.15) is 36.6 Å². The van der Waals surface area contributed by atoms with Crippen molar-refractivity contribution in [2.75, 3.05) is 0 Å². The standard InChI is InChI=1S/C20H20O6/c21-13-15-16(24-19(23-15)11-7-3-1-4-8-11)14(22)18-17(13)25-20(26-18)12-9-5-2-6-10-12/h1-10,13-22H/t13?,14?,15-,16+,17-,18?,19?,20?/m0/s1. The molecule has 0 radical (unpaired) electrons. The first-order chi connectivity index (χ1) is 12.7. The Labute approximate surface area is 150 Å². The van der Waals surface area contributed by atoms with E-state index in [1.54, 1.807) is 0 Å². The minimum Gasteiger partial charge on any atom is -0.387 e. The van der Waals surface area contributed by atoms with Crippen LogP contribution in [0.2, 0.25) is 0 Å². The van der Waals surface area contributed by atoms with Gasteiger partial charge < -0.3 is 29.2 Å². The summed E-state index contributed by atoms with van der Waals surface area (Å²) in [4.78, 5) is 0. The topological polar surface area (TPSA) is 77.4 Å². The van der Waals surface area contributed by atoms with Crippen molar-refractivity contribution in [1.82, 2.24) is 0 Å². The predicted molar refractivity (Wildman–Crippen MR) is 89.9 cm³/mol. The SMILES string of the molecule is OC1C2OC(c3ccccc3)O[C@H]2C(O)[C@@H]2OC(c3ccccc3)O[C@H]12. The molecule has 5 unspecified atom stereocenters. The molecule has 6 heteroatoms. The minimum atomic E-state index is -0.948. The summed E-state index contributed by atoms with van der Waals surface area (Å²) in [6.07, 6.45) is -5.83. The first-order valence-electron chi connectivity index (χ1n) is 8.80. The van der Waals surface area contributed by atoms with Crippen molar-refractivity contribution in [2.45, 2.75) is 49.2 Å². The number of fused-ring (bicyclic) bond motifs is 2. The summed E-state index contributed by atoms with van der Waals surface area (Å²) in [7, 11) is 0. The zero-order valence-corrected chi connectivity index (χ0v) is 13.9. The van der Waals surface area contributed by atoms with Gasteiger partial charge in [0.15, 0.2) is 12.6 Å². The Bertz CT molecular complexity index is 664. The van der Waals surface area contributed by atoms with Crippen LogP contribution in [-0.4, -0.2) is 46.8 Å². The summed E-state index contributed by atoms with van der Waals surface area (Å²) in [5.74, 6) is 0. The van der Waals surface area contributed by atoms with Gasteiger partial charge in [-0.15, -0.1) is 0 Å². The highest BCUT2D eigenvalue weighted by Crippen LogP contribution is 2.45. The van der Waals surface area contributed by atoms with Crippen LogP contribution in [-0.2, 0) is 18.9 Å². The quantitative estimate of drug-likeness (QED) is 0.853. The second-order valence-electron chi connectivity index (χ2n) is 6.87. The second-order valence-corrected chi connectivity index (χ2v) is 6.87. The van der Waals surface area contributed by atoms with Crippen LogP contribution < -0.4 is 0 Å². The molecule has 0 aromatic heterocycles. The molecular weight excluding hydrogens is 336 g/mol. The average molecular weight is 356 g/mol. The van der Waals surface area contributed by atoms with E-state index in [0.29, 0.717) is 0 Å². The number of benzene rings is 2. The predicted octanol–water partition coefficient (Wildman–Crippen LogP) is 1.69. The summed E-state index contributed by atoms with van der Waals surface area (Å²) >= 11 is 0. The summed E-state index contributed by atoms with van der Waals surface area (Å²) < 4.78 is 23.7. The van der Waals surface area contributed by atoms with Crippen LogP contribution >= 0.6 is 0 Å². The summed E-state index contributed by atoms with van der Waals surface area (Å²) in [5.41, 5.74) is 1.69. The van der Waals surface area contributed by atoms with Gasteiger partial charge in [-0.05, 0) is 0 Å². The highest BCUT2D eigenvalue weighted by Gasteiger charge is 2.60. The van der Waals surface area contributed by atoms with Crippen LogP contribution in [0.15, 0.2) is 60.7 Å². The number of rotatable bonds is 2. The second kappa shape index (κ2) is 6.42. The molecule has 8 atom stereocenters. The number of ether oxygens (including phenoxy) is 4. The lowest BCUT2D eigenvalue weighted by atomic mass is 9.85. The maximum Gasteiger partial charge on any atom is 0.184 e. The highest BCUT2D eigenvalue weighted by molar-refractivity contribution is 5.20. The van der Waals surface area contributed by atoms with Gasteiger partial charge in [0.25, 0.3) is 0 Å². The Balaban J connectivity index is 1.37. The molecule has 3 fully saturated rings. The number of hydrogen-bond donors (Lipinski definition) is 2. The molecule has 1 aliphatic carbocycles. The molecule has 2 heterocycles. The molecule has 3 aliphatic rings. The van der Waals surface area contributed by atoms with Crippen molar-refractivity contribution in [3.8, 4) is 0 Å². The van der Waals surface area contributed by atoms with Gasteiger partial charge >= 0.3 is 0 Å². The molecule has 5 rings (SSSR count). The molecule has 136 valence electrons. The smallest absolute Gasteiger partial charge is 0.184 e. The first kappa shape index (κ1) is 16.4. The molecule has 0 amide bonds. The Morgan fingerprint density at radius 1 is 0.500 bits per heavy atom. The maximum atomic E-state index is 10.8. The van der Waals surface area contributed by atoms with Gasteiger partial charge in [0, 0.05) is 11.1 Å². The van der Waals surface area contributed by atoms with E-state index in [9.17, 15) is 10.2 Å².